The van der Waals surface area contributed by atoms with Crippen LogP contribution in [-0.2, 0) is 11.3 Å². The topological polar surface area (TPSA) is 103 Å². The molecule has 0 saturated carbocycles. The molecule has 2 rings (SSSR count). The number of carbonyl (C=O) groups is 1. The number of aryl methyl sites for hydroxylation is 1. The second-order valence-corrected chi connectivity index (χ2v) is 4.18. The molecule has 20 heavy (non-hydrogen) atoms. The predicted octanol–water partition coefficient (Wildman–Crippen LogP) is 1.05. The SMILES string of the molecule is Cc1noc(CNC(=O)CCOc2ccc(N)cc2)n1. The fourth-order valence-corrected chi connectivity index (χ4v) is 1.50. The van der Waals surface area contributed by atoms with Crippen LogP contribution in [0.15, 0.2) is 28.8 Å². The van der Waals surface area contributed by atoms with Crippen LogP contribution in [0.5, 0.6) is 5.75 Å². The van der Waals surface area contributed by atoms with E-state index >= 15 is 0 Å². The third kappa shape index (κ3) is 4.27. The largest absolute Gasteiger partial charge is 0.493 e. The number of aromatic nitrogens is 2. The van der Waals surface area contributed by atoms with Crippen LogP contribution < -0.4 is 15.8 Å². The van der Waals surface area contributed by atoms with Crippen molar-refractivity contribution in [3.05, 3.63) is 36.0 Å². The van der Waals surface area contributed by atoms with E-state index in [2.05, 4.69) is 15.5 Å². The number of carbonyl (C=O) groups excluding carboxylic acids is 1. The highest BCUT2D eigenvalue weighted by molar-refractivity contribution is 5.75. The molecule has 0 saturated heterocycles. The summed E-state index contributed by atoms with van der Waals surface area (Å²) in [5.41, 5.74) is 6.23. The van der Waals surface area contributed by atoms with E-state index < -0.39 is 0 Å². The molecule has 0 aliphatic rings. The Kier molecular flexibility index (Phi) is 4.54. The summed E-state index contributed by atoms with van der Waals surface area (Å²) in [6.45, 7) is 2.23. The van der Waals surface area contributed by atoms with Gasteiger partial charge in [-0.15, -0.1) is 0 Å². The van der Waals surface area contributed by atoms with Crippen LogP contribution in [0, 0.1) is 6.92 Å². The number of ether oxygens (including phenoxy) is 1. The van der Waals surface area contributed by atoms with Gasteiger partial charge in [0.15, 0.2) is 5.82 Å². The quantitative estimate of drug-likeness (QED) is 0.764. The van der Waals surface area contributed by atoms with Crippen molar-refractivity contribution in [2.24, 2.45) is 0 Å². The van der Waals surface area contributed by atoms with Gasteiger partial charge in [-0.05, 0) is 31.2 Å². The lowest BCUT2D eigenvalue weighted by atomic mass is 10.3. The minimum atomic E-state index is -0.142. The molecule has 1 aromatic heterocycles. The molecule has 3 N–H and O–H groups in total. The van der Waals surface area contributed by atoms with Crippen molar-refractivity contribution in [3.63, 3.8) is 0 Å². The molecule has 0 spiro atoms. The average molecular weight is 276 g/mol. The summed E-state index contributed by atoms with van der Waals surface area (Å²) >= 11 is 0. The van der Waals surface area contributed by atoms with Crippen molar-refractivity contribution >= 4 is 11.6 Å². The third-order valence-electron chi connectivity index (χ3n) is 2.48. The van der Waals surface area contributed by atoms with Gasteiger partial charge in [-0.3, -0.25) is 4.79 Å². The monoisotopic (exact) mass is 276 g/mol. The first-order valence-corrected chi connectivity index (χ1v) is 6.18. The van der Waals surface area contributed by atoms with Crippen LogP contribution >= 0.6 is 0 Å². The normalized spacial score (nSPS) is 10.2. The zero-order valence-corrected chi connectivity index (χ0v) is 11.1. The summed E-state index contributed by atoms with van der Waals surface area (Å²) in [6, 6.07) is 7.00. The van der Waals surface area contributed by atoms with Gasteiger partial charge in [-0.25, -0.2) is 0 Å². The number of amides is 1. The van der Waals surface area contributed by atoms with E-state index in [1.165, 1.54) is 0 Å². The Hall–Kier alpha value is -2.57. The van der Waals surface area contributed by atoms with Gasteiger partial charge in [0, 0.05) is 5.69 Å². The van der Waals surface area contributed by atoms with Crippen LogP contribution in [0.3, 0.4) is 0 Å². The highest BCUT2D eigenvalue weighted by Crippen LogP contribution is 2.13. The maximum atomic E-state index is 11.6. The average Bonchev–Trinajstić information content (AvgIpc) is 2.85. The van der Waals surface area contributed by atoms with E-state index in [-0.39, 0.29) is 18.9 Å². The third-order valence-corrected chi connectivity index (χ3v) is 2.48. The van der Waals surface area contributed by atoms with Crippen LogP contribution in [0.4, 0.5) is 5.69 Å². The van der Waals surface area contributed by atoms with Gasteiger partial charge in [-0.2, -0.15) is 4.98 Å². The molecule has 1 heterocycles. The molecule has 7 heteroatoms. The summed E-state index contributed by atoms with van der Waals surface area (Å²) in [5.74, 6) is 1.46. The molecule has 106 valence electrons. The van der Waals surface area contributed by atoms with Crippen molar-refractivity contribution in [1.82, 2.24) is 15.5 Å². The Balaban J connectivity index is 1.66. The number of anilines is 1. The second-order valence-electron chi connectivity index (χ2n) is 4.18. The molecule has 0 radical (unpaired) electrons. The number of nitrogens with two attached hydrogens (primary N) is 1. The number of hydrogen-bond acceptors (Lipinski definition) is 6. The van der Waals surface area contributed by atoms with Gasteiger partial charge in [0.1, 0.15) is 5.75 Å². The van der Waals surface area contributed by atoms with E-state index in [0.29, 0.717) is 29.8 Å². The molecule has 2 aromatic rings. The van der Waals surface area contributed by atoms with Crippen molar-refractivity contribution < 1.29 is 14.1 Å². The summed E-state index contributed by atoms with van der Waals surface area (Å²) < 4.78 is 10.3. The fraction of sp³-hybridized carbons (Fsp3) is 0.308. The highest BCUT2D eigenvalue weighted by atomic mass is 16.5. The van der Waals surface area contributed by atoms with Crippen molar-refractivity contribution in [2.75, 3.05) is 12.3 Å². The first-order chi connectivity index (χ1) is 9.63. The first kappa shape index (κ1) is 13.9. The molecular formula is C13H16N4O3. The number of benzene rings is 1. The molecular weight excluding hydrogens is 260 g/mol. The number of hydrogen-bond donors (Lipinski definition) is 2. The Morgan fingerprint density at radius 2 is 2.15 bits per heavy atom. The zero-order valence-electron chi connectivity index (χ0n) is 11.1. The lowest BCUT2D eigenvalue weighted by molar-refractivity contribution is -0.121. The predicted molar refractivity (Wildman–Crippen MR) is 71.8 cm³/mol. The van der Waals surface area contributed by atoms with Gasteiger partial charge < -0.3 is 20.3 Å². The van der Waals surface area contributed by atoms with E-state index in [1.807, 2.05) is 0 Å². The standard InChI is InChI=1S/C13H16N4O3/c1-9-16-13(20-17-9)8-15-12(18)6-7-19-11-4-2-10(14)3-5-11/h2-5H,6-8,14H2,1H3,(H,15,18). The summed E-state index contributed by atoms with van der Waals surface area (Å²) in [7, 11) is 0. The molecule has 0 fully saturated rings. The van der Waals surface area contributed by atoms with Crippen LogP contribution in [0.2, 0.25) is 0 Å². The summed E-state index contributed by atoms with van der Waals surface area (Å²) in [5, 5.41) is 6.30. The Morgan fingerprint density at radius 3 is 2.80 bits per heavy atom. The Labute approximate surface area is 116 Å². The highest BCUT2D eigenvalue weighted by Gasteiger charge is 2.06. The minimum absolute atomic E-state index is 0.142. The van der Waals surface area contributed by atoms with Gasteiger partial charge in [0.25, 0.3) is 0 Å². The maximum Gasteiger partial charge on any atom is 0.246 e. The molecule has 0 atom stereocenters. The molecule has 0 bridgehead atoms. The lowest BCUT2D eigenvalue weighted by Gasteiger charge is -2.06. The van der Waals surface area contributed by atoms with Gasteiger partial charge in [-0.1, -0.05) is 5.16 Å². The fourth-order valence-electron chi connectivity index (χ4n) is 1.50. The van der Waals surface area contributed by atoms with E-state index in [0.717, 1.165) is 0 Å². The number of nitrogens with one attached hydrogen (secondary N) is 1. The van der Waals surface area contributed by atoms with Crippen LogP contribution in [-0.4, -0.2) is 22.7 Å². The van der Waals surface area contributed by atoms with Crippen LogP contribution in [0.25, 0.3) is 0 Å². The zero-order chi connectivity index (χ0) is 14.4. The molecule has 7 nitrogen and oxygen atoms in total. The van der Waals surface area contributed by atoms with Crippen molar-refractivity contribution in [1.29, 1.82) is 0 Å². The smallest absolute Gasteiger partial charge is 0.246 e. The van der Waals surface area contributed by atoms with E-state index in [1.54, 1.807) is 31.2 Å². The first-order valence-electron chi connectivity index (χ1n) is 6.18. The Morgan fingerprint density at radius 1 is 1.40 bits per heavy atom. The number of nitrogens with zero attached hydrogens (tertiary/aromatic N) is 2. The second kappa shape index (κ2) is 6.55. The van der Waals surface area contributed by atoms with E-state index in [4.69, 9.17) is 15.0 Å². The summed E-state index contributed by atoms with van der Waals surface area (Å²) in [6.07, 6.45) is 0.248. The minimum Gasteiger partial charge on any atom is -0.493 e. The van der Waals surface area contributed by atoms with E-state index in [9.17, 15) is 4.79 Å². The lowest BCUT2D eigenvalue weighted by Crippen LogP contribution is -2.24. The number of nitrogen functional groups attached to an aromatic ring is 1. The van der Waals surface area contributed by atoms with Gasteiger partial charge in [0.2, 0.25) is 11.8 Å². The Bertz CT molecular complexity index is 565. The molecule has 0 aliphatic heterocycles. The molecule has 1 aromatic carbocycles. The maximum absolute atomic E-state index is 11.6. The number of rotatable bonds is 6. The van der Waals surface area contributed by atoms with Gasteiger partial charge in [0.05, 0.1) is 19.6 Å². The molecule has 0 aliphatic carbocycles. The van der Waals surface area contributed by atoms with Crippen molar-refractivity contribution in [2.45, 2.75) is 19.9 Å². The van der Waals surface area contributed by atoms with Crippen molar-refractivity contribution in [3.8, 4) is 5.75 Å². The molecule has 1 amide bonds. The van der Waals surface area contributed by atoms with Gasteiger partial charge >= 0.3 is 0 Å². The molecule has 0 unspecified atom stereocenters. The summed E-state index contributed by atoms with van der Waals surface area (Å²) in [4.78, 5) is 15.5. The van der Waals surface area contributed by atoms with Crippen LogP contribution in [0.1, 0.15) is 18.1 Å².